The summed E-state index contributed by atoms with van der Waals surface area (Å²) in [6.07, 6.45) is 0. The number of aromatic carboxylic acids is 1. The number of carbonyl (C=O) groups is 1. The molecule has 0 aliphatic carbocycles. The van der Waals surface area contributed by atoms with E-state index in [1.807, 2.05) is 0 Å². The summed E-state index contributed by atoms with van der Waals surface area (Å²) >= 11 is 0. The van der Waals surface area contributed by atoms with Crippen LogP contribution in [0.1, 0.15) is 10.4 Å². The molecule has 1 rings (SSSR count). The number of methoxy groups -OCH3 is 2. The Labute approximate surface area is 82.9 Å². The van der Waals surface area contributed by atoms with E-state index in [0.717, 1.165) is 0 Å². The molecule has 0 aromatic heterocycles. The lowest BCUT2D eigenvalue weighted by Gasteiger charge is -2.10. The number of carboxylic acids is 1. The van der Waals surface area contributed by atoms with Crippen LogP contribution in [0.5, 0.6) is 11.5 Å². The van der Waals surface area contributed by atoms with Crippen molar-refractivity contribution in [3.8, 4) is 11.5 Å². The molecule has 1 aromatic rings. The lowest BCUT2D eigenvalue weighted by molar-refractivity contribution is 0.0693. The van der Waals surface area contributed by atoms with Crippen LogP contribution in [-0.4, -0.2) is 33.1 Å². The van der Waals surface area contributed by atoms with Crippen molar-refractivity contribution in [2.45, 2.75) is 0 Å². The molecule has 0 saturated carbocycles. The first kappa shape index (κ1) is 10.4. The van der Waals surface area contributed by atoms with Crippen LogP contribution in [0.3, 0.4) is 0 Å². The zero-order valence-electron chi connectivity index (χ0n) is 7.90. The molecule has 0 spiro atoms. The highest BCUT2D eigenvalue weighted by atomic mass is 16.5. The van der Waals surface area contributed by atoms with Crippen molar-refractivity contribution in [1.82, 2.24) is 0 Å². The minimum atomic E-state index is -1.09. The van der Waals surface area contributed by atoms with E-state index in [4.69, 9.17) is 22.4 Å². The Morgan fingerprint density at radius 1 is 1.29 bits per heavy atom. The Morgan fingerprint density at radius 3 is 2.29 bits per heavy atom. The highest BCUT2D eigenvalue weighted by molar-refractivity contribution is 6.34. The van der Waals surface area contributed by atoms with Gasteiger partial charge in [-0.3, -0.25) is 0 Å². The zero-order chi connectivity index (χ0) is 10.7. The summed E-state index contributed by atoms with van der Waals surface area (Å²) in [5.74, 6) is -0.466. The van der Waals surface area contributed by atoms with Crippen LogP contribution in [0, 0.1) is 0 Å². The van der Waals surface area contributed by atoms with Crippen LogP contribution < -0.4 is 14.9 Å². The number of rotatable bonds is 3. The fourth-order valence-corrected chi connectivity index (χ4v) is 1.09. The fourth-order valence-electron chi connectivity index (χ4n) is 1.09. The zero-order valence-corrected chi connectivity index (χ0v) is 7.90. The third kappa shape index (κ3) is 1.81. The van der Waals surface area contributed by atoms with Crippen molar-refractivity contribution in [2.75, 3.05) is 14.2 Å². The van der Waals surface area contributed by atoms with Crippen molar-refractivity contribution >= 4 is 19.3 Å². The molecule has 0 amide bonds. The summed E-state index contributed by atoms with van der Waals surface area (Å²) in [6, 6.07) is 2.75. The van der Waals surface area contributed by atoms with E-state index in [1.54, 1.807) is 0 Å². The lowest BCUT2D eigenvalue weighted by Crippen LogP contribution is -2.12. The summed E-state index contributed by atoms with van der Waals surface area (Å²) in [4.78, 5) is 10.8. The van der Waals surface area contributed by atoms with E-state index in [0.29, 0.717) is 5.75 Å². The summed E-state index contributed by atoms with van der Waals surface area (Å²) in [6.45, 7) is 0. The molecule has 72 valence electrons. The molecule has 5 heteroatoms. The first-order valence-electron chi connectivity index (χ1n) is 3.85. The first-order chi connectivity index (χ1) is 6.60. The average Bonchev–Trinajstić information content (AvgIpc) is 2.17. The topological polar surface area (TPSA) is 55.8 Å². The van der Waals surface area contributed by atoms with Crippen LogP contribution in [0.25, 0.3) is 0 Å². The number of hydrogen-bond acceptors (Lipinski definition) is 3. The second kappa shape index (κ2) is 4.04. The van der Waals surface area contributed by atoms with Gasteiger partial charge in [0.15, 0.2) is 0 Å². The summed E-state index contributed by atoms with van der Waals surface area (Å²) in [5, 5.41) is 8.81. The maximum absolute atomic E-state index is 10.8. The van der Waals surface area contributed by atoms with Crippen LogP contribution in [0.15, 0.2) is 12.1 Å². The van der Waals surface area contributed by atoms with Gasteiger partial charge in [0.2, 0.25) is 0 Å². The smallest absolute Gasteiger partial charge is 0.339 e. The van der Waals surface area contributed by atoms with Gasteiger partial charge in [0.25, 0.3) is 0 Å². The predicted octanol–water partition coefficient (Wildman–Crippen LogP) is 0.196. The maximum atomic E-state index is 10.8. The second-order valence-corrected chi connectivity index (χ2v) is 2.60. The van der Waals surface area contributed by atoms with Gasteiger partial charge in [-0.1, -0.05) is 5.46 Å². The third-order valence-corrected chi connectivity index (χ3v) is 1.78. The number of benzene rings is 1. The van der Waals surface area contributed by atoms with Crippen molar-refractivity contribution < 1.29 is 19.4 Å². The monoisotopic (exact) mass is 192 g/mol. The van der Waals surface area contributed by atoms with Gasteiger partial charge in [-0.25, -0.2) is 4.79 Å². The molecule has 14 heavy (non-hydrogen) atoms. The van der Waals surface area contributed by atoms with E-state index in [1.165, 1.54) is 26.4 Å². The Balaban J connectivity index is 3.31. The van der Waals surface area contributed by atoms with Gasteiger partial charge in [-0.05, 0) is 6.07 Å². The molecule has 1 N–H and O–H groups in total. The highest BCUT2D eigenvalue weighted by Crippen LogP contribution is 2.22. The molecule has 1 aromatic carbocycles. The summed E-state index contributed by atoms with van der Waals surface area (Å²) < 4.78 is 9.81. The van der Waals surface area contributed by atoms with Crippen LogP contribution in [0.2, 0.25) is 0 Å². The number of ether oxygens (including phenoxy) is 2. The van der Waals surface area contributed by atoms with E-state index in [-0.39, 0.29) is 16.8 Å². The van der Waals surface area contributed by atoms with Gasteiger partial charge in [0, 0.05) is 6.07 Å². The van der Waals surface area contributed by atoms with Crippen molar-refractivity contribution in [1.29, 1.82) is 0 Å². The molecular formula is C9H9BO4. The van der Waals surface area contributed by atoms with Gasteiger partial charge in [-0.2, -0.15) is 0 Å². The maximum Gasteiger partial charge on any atom is 0.339 e. The first-order valence-corrected chi connectivity index (χ1v) is 3.85. The molecule has 0 saturated heterocycles. The van der Waals surface area contributed by atoms with E-state index in [9.17, 15) is 4.79 Å². The van der Waals surface area contributed by atoms with Gasteiger partial charge < -0.3 is 14.6 Å². The van der Waals surface area contributed by atoms with Crippen LogP contribution >= 0.6 is 0 Å². The minimum absolute atomic E-state index is 0.0193. The molecule has 2 radical (unpaired) electrons. The van der Waals surface area contributed by atoms with Gasteiger partial charge >= 0.3 is 5.97 Å². The lowest BCUT2D eigenvalue weighted by atomic mass is 9.92. The second-order valence-electron chi connectivity index (χ2n) is 2.60. The Hall–Kier alpha value is -1.65. The number of hydrogen-bond donors (Lipinski definition) is 1. The molecule has 0 aliphatic rings. The predicted molar refractivity (Wildman–Crippen MR) is 51.9 cm³/mol. The van der Waals surface area contributed by atoms with Gasteiger partial charge in [0.05, 0.1) is 14.2 Å². The average molecular weight is 192 g/mol. The van der Waals surface area contributed by atoms with E-state index < -0.39 is 5.97 Å². The largest absolute Gasteiger partial charge is 0.497 e. The molecule has 0 unspecified atom stereocenters. The Kier molecular flexibility index (Phi) is 3.01. The van der Waals surface area contributed by atoms with E-state index >= 15 is 0 Å². The van der Waals surface area contributed by atoms with Crippen LogP contribution in [-0.2, 0) is 0 Å². The molecule has 0 heterocycles. The SMILES string of the molecule is [B]c1cc(C(=O)O)c(OC)cc1OC. The van der Waals surface area contributed by atoms with Gasteiger partial charge in [-0.15, -0.1) is 0 Å². The summed E-state index contributed by atoms with van der Waals surface area (Å²) in [7, 11) is 8.39. The molecule has 0 atom stereocenters. The third-order valence-electron chi connectivity index (χ3n) is 1.78. The molecule has 0 aliphatic heterocycles. The highest BCUT2D eigenvalue weighted by Gasteiger charge is 2.13. The van der Waals surface area contributed by atoms with Gasteiger partial charge in [0.1, 0.15) is 24.9 Å². The Morgan fingerprint density at radius 2 is 1.86 bits per heavy atom. The van der Waals surface area contributed by atoms with Crippen LogP contribution in [0.4, 0.5) is 0 Å². The van der Waals surface area contributed by atoms with Crippen molar-refractivity contribution in [3.05, 3.63) is 17.7 Å². The fraction of sp³-hybridized carbons (Fsp3) is 0.222. The molecule has 0 bridgehead atoms. The molecular weight excluding hydrogens is 183 g/mol. The Bertz CT molecular complexity index is 362. The quantitative estimate of drug-likeness (QED) is 0.694. The normalized spacial score (nSPS) is 9.57. The molecule has 0 fully saturated rings. The number of carboxylic acid groups (broad SMARTS) is 1. The van der Waals surface area contributed by atoms with Crippen molar-refractivity contribution in [3.63, 3.8) is 0 Å². The molecule has 4 nitrogen and oxygen atoms in total. The standard InChI is InChI=1S/C9H9BO4/c1-13-7-4-8(14-2)6(10)3-5(7)9(11)12/h3-4H,1-2H3,(H,11,12). The van der Waals surface area contributed by atoms with Crippen molar-refractivity contribution in [2.24, 2.45) is 0 Å². The van der Waals surface area contributed by atoms with E-state index in [2.05, 4.69) is 0 Å². The summed E-state index contributed by atoms with van der Waals surface area (Å²) in [5.41, 5.74) is 0.288. The minimum Gasteiger partial charge on any atom is -0.497 e.